The quantitative estimate of drug-likeness (QED) is 0.294. The molecule has 0 bridgehead atoms. The molecular weight excluding hydrogens is 452 g/mol. The predicted molar refractivity (Wildman–Crippen MR) is 142 cm³/mol. The minimum atomic E-state index is -0.626. The summed E-state index contributed by atoms with van der Waals surface area (Å²) in [5, 5.41) is 11.4. The van der Waals surface area contributed by atoms with Gasteiger partial charge in [0.05, 0.1) is 11.6 Å². The van der Waals surface area contributed by atoms with Crippen molar-refractivity contribution in [2.75, 3.05) is 26.2 Å². The lowest BCUT2D eigenvalue weighted by molar-refractivity contribution is -0.140. The number of benzene rings is 2. The topological polar surface area (TPSA) is 70.1 Å². The molecule has 2 aromatic rings. The number of hydrogen-bond donors (Lipinski definition) is 1. The van der Waals surface area contributed by atoms with E-state index in [0.29, 0.717) is 18.0 Å². The van der Waals surface area contributed by atoms with Gasteiger partial charge in [0.15, 0.2) is 0 Å². The highest BCUT2D eigenvalue weighted by Gasteiger charge is 2.45. The van der Waals surface area contributed by atoms with E-state index in [1.54, 1.807) is 11.0 Å². The van der Waals surface area contributed by atoms with Crippen LogP contribution in [0.1, 0.15) is 75.3 Å². The minimum Gasteiger partial charge on any atom is -0.507 e. The van der Waals surface area contributed by atoms with E-state index in [0.717, 1.165) is 49.4 Å². The average Bonchev–Trinajstić information content (AvgIpc) is 3.37. The predicted octanol–water partition coefficient (Wildman–Crippen LogP) is 5.29. The first-order chi connectivity index (χ1) is 17.2. The van der Waals surface area contributed by atoms with Crippen molar-refractivity contribution in [3.63, 3.8) is 0 Å². The van der Waals surface area contributed by atoms with Gasteiger partial charge in [-0.15, -0.1) is 0 Å². The number of nitrogens with zero attached hydrogens (tertiary/aromatic N) is 2. The Morgan fingerprint density at radius 2 is 1.81 bits per heavy atom. The van der Waals surface area contributed by atoms with Crippen LogP contribution < -0.4 is 4.74 Å². The molecule has 2 aliphatic rings. The number of carbonyl (C=O) groups is 2. The third-order valence-electron chi connectivity index (χ3n) is 7.40. The highest BCUT2D eigenvalue weighted by Crippen LogP contribution is 2.41. The van der Waals surface area contributed by atoms with Crippen molar-refractivity contribution >= 4 is 17.4 Å². The van der Waals surface area contributed by atoms with Crippen LogP contribution in [0.5, 0.6) is 5.75 Å². The van der Waals surface area contributed by atoms with Crippen LogP contribution in [0.15, 0.2) is 48.0 Å². The molecule has 36 heavy (non-hydrogen) atoms. The molecule has 2 atom stereocenters. The fourth-order valence-corrected chi connectivity index (χ4v) is 5.25. The number of carbonyl (C=O) groups excluding carboxylic acids is 2. The number of aliphatic hydroxyl groups is 1. The maximum atomic E-state index is 13.3. The summed E-state index contributed by atoms with van der Waals surface area (Å²) in [5.74, 6) is -0.127. The number of Topliss-reactive ketones (excluding diaryl/α,β-unsaturated/α-hetero) is 1. The molecule has 0 aromatic heterocycles. The Bertz CT molecular complexity index is 1150. The molecule has 2 aliphatic heterocycles. The Morgan fingerprint density at radius 1 is 1.11 bits per heavy atom. The van der Waals surface area contributed by atoms with E-state index < -0.39 is 17.7 Å². The number of hydrogen-bond acceptors (Lipinski definition) is 5. The van der Waals surface area contributed by atoms with Gasteiger partial charge in [-0.3, -0.25) is 9.59 Å². The number of aliphatic hydroxyl groups excluding tert-OH is 1. The van der Waals surface area contributed by atoms with Crippen LogP contribution in [-0.2, 0) is 16.0 Å². The molecule has 0 radical (unpaired) electrons. The van der Waals surface area contributed by atoms with E-state index in [9.17, 15) is 14.7 Å². The van der Waals surface area contributed by atoms with Crippen LogP contribution >= 0.6 is 0 Å². The highest BCUT2D eigenvalue weighted by atomic mass is 16.5. The third-order valence-corrected chi connectivity index (χ3v) is 7.40. The number of likely N-dealkylation sites (tertiary alicyclic amines) is 1. The fourth-order valence-electron chi connectivity index (χ4n) is 5.25. The van der Waals surface area contributed by atoms with Gasteiger partial charge in [-0.1, -0.05) is 52.0 Å². The monoisotopic (exact) mass is 490 g/mol. The van der Waals surface area contributed by atoms with Crippen LogP contribution in [0.3, 0.4) is 0 Å². The first kappa shape index (κ1) is 26.0. The second-order valence-electron chi connectivity index (χ2n) is 10.1. The SMILES string of the molecule is CCN(CC)CCCN1C(=O)C(=O)/C(=C(\O)c2ccc3c(c2)CC(C)O3)C1c1ccc(C(C)C)cc1. The maximum Gasteiger partial charge on any atom is 0.295 e. The molecule has 6 nitrogen and oxygen atoms in total. The van der Waals surface area contributed by atoms with Gasteiger partial charge >= 0.3 is 0 Å². The zero-order valence-corrected chi connectivity index (χ0v) is 22.1. The van der Waals surface area contributed by atoms with E-state index in [-0.39, 0.29) is 17.4 Å². The molecule has 4 rings (SSSR count). The molecule has 2 unspecified atom stereocenters. The van der Waals surface area contributed by atoms with Crippen molar-refractivity contribution in [3.05, 3.63) is 70.3 Å². The van der Waals surface area contributed by atoms with E-state index >= 15 is 0 Å². The summed E-state index contributed by atoms with van der Waals surface area (Å²) in [6, 6.07) is 12.9. The molecule has 2 heterocycles. The summed E-state index contributed by atoms with van der Waals surface area (Å²) in [4.78, 5) is 30.5. The zero-order valence-electron chi connectivity index (χ0n) is 22.1. The van der Waals surface area contributed by atoms with Crippen LogP contribution in [0.4, 0.5) is 0 Å². The van der Waals surface area contributed by atoms with Crippen molar-refractivity contribution in [2.24, 2.45) is 0 Å². The Morgan fingerprint density at radius 3 is 2.44 bits per heavy atom. The summed E-state index contributed by atoms with van der Waals surface area (Å²) in [6.45, 7) is 13.7. The molecule has 0 aliphatic carbocycles. The van der Waals surface area contributed by atoms with Crippen LogP contribution in [-0.4, -0.2) is 58.9 Å². The van der Waals surface area contributed by atoms with Gasteiger partial charge in [0.1, 0.15) is 17.6 Å². The second-order valence-corrected chi connectivity index (χ2v) is 10.1. The molecule has 1 fully saturated rings. The fraction of sp³-hybridized carbons (Fsp3) is 0.467. The molecular formula is C30H38N2O4. The van der Waals surface area contributed by atoms with Crippen molar-refractivity contribution in [1.82, 2.24) is 9.80 Å². The molecule has 0 spiro atoms. The Hall–Kier alpha value is -3.12. The van der Waals surface area contributed by atoms with Crippen LogP contribution in [0, 0.1) is 0 Å². The molecule has 2 aromatic carbocycles. The van der Waals surface area contributed by atoms with Crippen molar-refractivity contribution < 1.29 is 19.4 Å². The zero-order chi connectivity index (χ0) is 26.0. The van der Waals surface area contributed by atoms with E-state index in [2.05, 4.69) is 32.6 Å². The van der Waals surface area contributed by atoms with E-state index in [1.807, 2.05) is 43.3 Å². The lowest BCUT2D eigenvalue weighted by atomic mass is 9.92. The maximum absolute atomic E-state index is 13.3. The number of ketones is 1. The second kappa shape index (κ2) is 10.9. The standard InChI is InChI=1S/C30H38N2O4/c1-6-31(7-2)15-8-16-32-27(22-11-9-21(10-12-22)19(3)4)26(29(34)30(32)35)28(33)23-13-14-25-24(18-23)17-20(5)36-25/h9-14,18-20,27,33H,6-8,15-17H2,1-5H3/b28-26-. The Labute approximate surface area is 214 Å². The third kappa shape index (κ3) is 5.05. The molecule has 1 saturated heterocycles. The molecule has 1 amide bonds. The molecule has 6 heteroatoms. The summed E-state index contributed by atoms with van der Waals surface area (Å²) in [6.07, 6.45) is 1.58. The smallest absolute Gasteiger partial charge is 0.295 e. The Balaban J connectivity index is 1.73. The van der Waals surface area contributed by atoms with Gasteiger partial charge in [0.2, 0.25) is 0 Å². The van der Waals surface area contributed by atoms with Crippen molar-refractivity contribution in [1.29, 1.82) is 0 Å². The van der Waals surface area contributed by atoms with Gasteiger partial charge in [0.25, 0.3) is 11.7 Å². The summed E-state index contributed by atoms with van der Waals surface area (Å²) >= 11 is 0. The number of rotatable bonds is 9. The largest absolute Gasteiger partial charge is 0.507 e. The van der Waals surface area contributed by atoms with Gasteiger partial charge in [-0.05, 0) is 73.8 Å². The highest BCUT2D eigenvalue weighted by molar-refractivity contribution is 6.46. The minimum absolute atomic E-state index is 0.0771. The average molecular weight is 491 g/mol. The van der Waals surface area contributed by atoms with Gasteiger partial charge in [-0.2, -0.15) is 0 Å². The molecule has 0 saturated carbocycles. The van der Waals surface area contributed by atoms with Crippen LogP contribution in [0.2, 0.25) is 0 Å². The summed E-state index contributed by atoms with van der Waals surface area (Å²) < 4.78 is 5.79. The van der Waals surface area contributed by atoms with Gasteiger partial charge in [0, 0.05) is 18.5 Å². The van der Waals surface area contributed by atoms with E-state index in [1.165, 1.54) is 5.56 Å². The van der Waals surface area contributed by atoms with E-state index in [4.69, 9.17) is 4.74 Å². The van der Waals surface area contributed by atoms with Crippen molar-refractivity contribution in [2.45, 2.75) is 65.5 Å². The normalized spacial score (nSPS) is 20.9. The lowest BCUT2D eigenvalue weighted by Crippen LogP contribution is -2.33. The molecule has 1 N–H and O–H groups in total. The van der Waals surface area contributed by atoms with Gasteiger partial charge < -0.3 is 19.6 Å². The Kier molecular flexibility index (Phi) is 7.84. The van der Waals surface area contributed by atoms with Gasteiger partial charge in [-0.25, -0.2) is 0 Å². The lowest BCUT2D eigenvalue weighted by Gasteiger charge is -2.27. The summed E-state index contributed by atoms with van der Waals surface area (Å²) in [7, 11) is 0. The summed E-state index contributed by atoms with van der Waals surface area (Å²) in [5.41, 5.74) is 3.72. The number of amides is 1. The number of fused-ring (bicyclic) bond motifs is 1. The first-order valence-electron chi connectivity index (χ1n) is 13.2. The van der Waals surface area contributed by atoms with Crippen LogP contribution in [0.25, 0.3) is 5.76 Å². The van der Waals surface area contributed by atoms with Crippen molar-refractivity contribution in [3.8, 4) is 5.75 Å². The molecule has 192 valence electrons. The number of ether oxygens (including phenoxy) is 1. The first-order valence-corrected chi connectivity index (χ1v) is 13.2.